The normalized spacial score (nSPS) is 12.2. The third-order valence-corrected chi connectivity index (χ3v) is 3.04. The fourth-order valence-electron chi connectivity index (χ4n) is 2.10. The summed E-state index contributed by atoms with van der Waals surface area (Å²) in [7, 11) is 1.59. The van der Waals surface area contributed by atoms with Crippen LogP contribution in [0.4, 0.5) is 4.79 Å². The standard InChI is InChI=1S/C14H28N2O4/c1-5-16(6-7-20-4)14(19)15-10-12(8-11(2)3)9-13(17)18/h11-12H,5-10H2,1-4H3,(H,15,19)(H,17,18). The van der Waals surface area contributed by atoms with E-state index in [2.05, 4.69) is 5.32 Å². The molecule has 1 unspecified atom stereocenters. The predicted molar refractivity (Wildman–Crippen MR) is 77.7 cm³/mol. The van der Waals surface area contributed by atoms with E-state index in [1.54, 1.807) is 12.0 Å². The van der Waals surface area contributed by atoms with Gasteiger partial charge in [-0.25, -0.2) is 4.79 Å². The highest BCUT2D eigenvalue weighted by Gasteiger charge is 2.17. The molecule has 0 radical (unpaired) electrons. The predicted octanol–water partition coefficient (Wildman–Crippen LogP) is 1.80. The Hall–Kier alpha value is -1.30. The lowest BCUT2D eigenvalue weighted by atomic mass is 9.94. The van der Waals surface area contributed by atoms with Gasteiger partial charge in [0.25, 0.3) is 0 Å². The first kappa shape index (κ1) is 18.7. The topological polar surface area (TPSA) is 78.9 Å². The third-order valence-electron chi connectivity index (χ3n) is 3.04. The van der Waals surface area contributed by atoms with Crippen LogP contribution in [-0.2, 0) is 9.53 Å². The van der Waals surface area contributed by atoms with Gasteiger partial charge in [0.15, 0.2) is 0 Å². The Labute approximate surface area is 121 Å². The maximum Gasteiger partial charge on any atom is 0.317 e. The summed E-state index contributed by atoms with van der Waals surface area (Å²) in [6.07, 6.45) is 0.874. The molecule has 0 aliphatic carbocycles. The van der Waals surface area contributed by atoms with Crippen molar-refractivity contribution in [1.29, 1.82) is 0 Å². The zero-order valence-corrected chi connectivity index (χ0v) is 13.0. The van der Waals surface area contributed by atoms with Crippen LogP contribution >= 0.6 is 0 Å². The van der Waals surface area contributed by atoms with E-state index in [4.69, 9.17) is 9.84 Å². The highest BCUT2D eigenvalue weighted by atomic mass is 16.5. The number of methoxy groups -OCH3 is 1. The van der Waals surface area contributed by atoms with Crippen molar-refractivity contribution in [3.63, 3.8) is 0 Å². The number of hydrogen-bond donors (Lipinski definition) is 2. The SMILES string of the molecule is CCN(CCOC)C(=O)NCC(CC(=O)O)CC(C)C. The van der Waals surface area contributed by atoms with Crippen LogP contribution in [0.1, 0.15) is 33.6 Å². The number of carbonyl (C=O) groups is 2. The summed E-state index contributed by atoms with van der Waals surface area (Å²) >= 11 is 0. The Balaban J connectivity index is 4.28. The van der Waals surface area contributed by atoms with Gasteiger partial charge in [-0.3, -0.25) is 4.79 Å². The zero-order valence-electron chi connectivity index (χ0n) is 13.0. The second kappa shape index (κ2) is 10.5. The van der Waals surface area contributed by atoms with Gasteiger partial charge in [0, 0.05) is 33.2 Å². The van der Waals surface area contributed by atoms with Crippen LogP contribution in [-0.4, -0.2) is 55.4 Å². The molecule has 0 aromatic heterocycles. The van der Waals surface area contributed by atoms with Gasteiger partial charge in [-0.15, -0.1) is 0 Å². The van der Waals surface area contributed by atoms with Gasteiger partial charge in [0.1, 0.15) is 0 Å². The maximum atomic E-state index is 12.0. The van der Waals surface area contributed by atoms with E-state index in [0.717, 1.165) is 6.42 Å². The van der Waals surface area contributed by atoms with Gasteiger partial charge in [-0.05, 0) is 25.2 Å². The van der Waals surface area contributed by atoms with E-state index in [-0.39, 0.29) is 18.4 Å². The van der Waals surface area contributed by atoms with Crippen LogP contribution in [0.3, 0.4) is 0 Å². The number of carboxylic acid groups (broad SMARTS) is 1. The number of ether oxygens (including phenoxy) is 1. The number of nitrogens with zero attached hydrogens (tertiary/aromatic N) is 1. The molecular formula is C14H28N2O4. The molecular weight excluding hydrogens is 260 g/mol. The van der Waals surface area contributed by atoms with E-state index in [0.29, 0.717) is 32.2 Å². The smallest absolute Gasteiger partial charge is 0.317 e. The first-order valence-electron chi connectivity index (χ1n) is 7.14. The van der Waals surface area contributed by atoms with Crippen molar-refractivity contribution in [2.75, 3.05) is 33.4 Å². The number of urea groups is 1. The van der Waals surface area contributed by atoms with E-state index >= 15 is 0 Å². The van der Waals surface area contributed by atoms with Crippen LogP contribution in [0.2, 0.25) is 0 Å². The van der Waals surface area contributed by atoms with Crippen LogP contribution in [0.15, 0.2) is 0 Å². The summed E-state index contributed by atoms with van der Waals surface area (Å²) in [5, 5.41) is 11.7. The number of likely N-dealkylation sites (N-methyl/N-ethyl adjacent to an activating group) is 1. The Bertz CT molecular complexity index is 295. The minimum absolute atomic E-state index is 0.0300. The molecule has 0 heterocycles. The summed E-state index contributed by atoms with van der Waals surface area (Å²) in [6, 6.07) is -0.163. The summed E-state index contributed by atoms with van der Waals surface area (Å²) in [5.41, 5.74) is 0. The number of amides is 2. The minimum Gasteiger partial charge on any atom is -0.481 e. The lowest BCUT2D eigenvalue weighted by molar-refractivity contribution is -0.138. The molecule has 0 fully saturated rings. The molecule has 0 spiro atoms. The fraction of sp³-hybridized carbons (Fsp3) is 0.857. The van der Waals surface area contributed by atoms with Crippen LogP contribution < -0.4 is 5.32 Å². The summed E-state index contributed by atoms with van der Waals surface area (Å²) in [4.78, 5) is 24.4. The molecule has 1 atom stereocenters. The third kappa shape index (κ3) is 8.74. The Morgan fingerprint density at radius 1 is 1.35 bits per heavy atom. The second-order valence-corrected chi connectivity index (χ2v) is 5.35. The van der Waals surface area contributed by atoms with Gasteiger partial charge in [0.05, 0.1) is 6.61 Å². The maximum absolute atomic E-state index is 12.0. The minimum atomic E-state index is -0.823. The van der Waals surface area contributed by atoms with Crippen molar-refractivity contribution in [2.45, 2.75) is 33.6 Å². The molecule has 2 amide bonds. The van der Waals surface area contributed by atoms with Gasteiger partial charge in [0.2, 0.25) is 0 Å². The Morgan fingerprint density at radius 3 is 2.45 bits per heavy atom. The monoisotopic (exact) mass is 288 g/mol. The second-order valence-electron chi connectivity index (χ2n) is 5.35. The number of rotatable bonds is 10. The van der Waals surface area contributed by atoms with Crippen LogP contribution in [0, 0.1) is 11.8 Å². The molecule has 118 valence electrons. The van der Waals surface area contributed by atoms with Gasteiger partial charge in [-0.2, -0.15) is 0 Å². The van der Waals surface area contributed by atoms with Crippen LogP contribution in [0.5, 0.6) is 0 Å². The Morgan fingerprint density at radius 2 is 2.00 bits per heavy atom. The lowest BCUT2D eigenvalue weighted by Crippen LogP contribution is -2.43. The average Bonchev–Trinajstić information content (AvgIpc) is 2.35. The molecule has 6 nitrogen and oxygen atoms in total. The van der Waals surface area contributed by atoms with Crippen molar-refractivity contribution in [3.8, 4) is 0 Å². The highest BCUT2D eigenvalue weighted by Crippen LogP contribution is 2.14. The number of nitrogens with one attached hydrogen (secondary N) is 1. The van der Waals surface area contributed by atoms with Crippen molar-refractivity contribution in [2.24, 2.45) is 11.8 Å². The van der Waals surface area contributed by atoms with Crippen molar-refractivity contribution in [1.82, 2.24) is 10.2 Å². The zero-order chi connectivity index (χ0) is 15.5. The summed E-state index contributed by atoms with van der Waals surface area (Å²) in [5.74, 6) is -0.443. The molecule has 0 aromatic rings. The number of carbonyl (C=O) groups excluding carboxylic acids is 1. The molecule has 0 rings (SSSR count). The fourth-order valence-corrected chi connectivity index (χ4v) is 2.10. The number of carboxylic acids is 1. The van der Waals surface area contributed by atoms with Crippen LogP contribution in [0.25, 0.3) is 0 Å². The average molecular weight is 288 g/mol. The van der Waals surface area contributed by atoms with E-state index in [1.165, 1.54) is 0 Å². The summed E-state index contributed by atoms with van der Waals surface area (Å²) in [6.45, 7) is 8.02. The first-order valence-corrected chi connectivity index (χ1v) is 7.14. The van der Waals surface area contributed by atoms with E-state index < -0.39 is 5.97 Å². The van der Waals surface area contributed by atoms with E-state index in [1.807, 2.05) is 20.8 Å². The quantitative estimate of drug-likeness (QED) is 0.642. The number of hydrogen-bond acceptors (Lipinski definition) is 3. The largest absolute Gasteiger partial charge is 0.481 e. The molecule has 2 N–H and O–H groups in total. The molecule has 0 aromatic carbocycles. The lowest BCUT2D eigenvalue weighted by Gasteiger charge is -2.23. The van der Waals surface area contributed by atoms with Gasteiger partial charge in [-0.1, -0.05) is 13.8 Å². The van der Waals surface area contributed by atoms with Crippen molar-refractivity contribution >= 4 is 12.0 Å². The van der Waals surface area contributed by atoms with Crippen molar-refractivity contribution < 1.29 is 19.4 Å². The van der Waals surface area contributed by atoms with Crippen molar-refractivity contribution in [3.05, 3.63) is 0 Å². The molecule has 0 bridgehead atoms. The molecule has 20 heavy (non-hydrogen) atoms. The number of aliphatic carboxylic acids is 1. The highest BCUT2D eigenvalue weighted by molar-refractivity contribution is 5.74. The summed E-state index contributed by atoms with van der Waals surface area (Å²) < 4.78 is 4.96. The molecule has 6 heteroatoms. The first-order chi connectivity index (χ1) is 9.40. The van der Waals surface area contributed by atoms with Gasteiger partial charge >= 0.3 is 12.0 Å². The molecule has 0 saturated heterocycles. The molecule has 0 saturated carbocycles. The van der Waals surface area contributed by atoms with Gasteiger partial charge < -0.3 is 20.1 Å². The Kier molecular flexibility index (Phi) is 9.80. The molecule has 0 aliphatic heterocycles. The van der Waals surface area contributed by atoms with E-state index in [9.17, 15) is 9.59 Å². The molecule has 0 aliphatic rings.